The SMILES string of the molecule is CCOC(=O)C(Cc1cc(Br)ccc1Cl)(NC(C)=O)C(=O)OCC. The van der Waals surface area contributed by atoms with Gasteiger partial charge in [0.15, 0.2) is 0 Å². The Bertz CT molecular complexity index is 617. The Morgan fingerprint density at radius 2 is 1.71 bits per heavy atom. The number of benzene rings is 1. The summed E-state index contributed by atoms with van der Waals surface area (Å²) >= 11 is 9.48. The molecular formula is C16H19BrClNO5. The van der Waals surface area contributed by atoms with E-state index in [0.717, 1.165) is 0 Å². The number of carbonyl (C=O) groups excluding carboxylic acids is 3. The van der Waals surface area contributed by atoms with Gasteiger partial charge in [-0.2, -0.15) is 0 Å². The number of carbonyl (C=O) groups is 3. The highest BCUT2D eigenvalue weighted by Gasteiger charge is 2.50. The summed E-state index contributed by atoms with van der Waals surface area (Å²) < 4.78 is 10.7. The van der Waals surface area contributed by atoms with Crippen molar-refractivity contribution in [1.82, 2.24) is 5.32 Å². The van der Waals surface area contributed by atoms with E-state index >= 15 is 0 Å². The van der Waals surface area contributed by atoms with Crippen molar-refractivity contribution in [3.63, 3.8) is 0 Å². The van der Waals surface area contributed by atoms with Gasteiger partial charge < -0.3 is 14.8 Å². The van der Waals surface area contributed by atoms with Crippen molar-refractivity contribution in [3.05, 3.63) is 33.3 Å². The number of esters is 2. The minimum absolute atomic E-state index is 0.0474. The lowest BCUT2D eigenvalue weighted by Gasteiger charge is -2.30. The van der Waals surface area contributed by atoms with E-state index in [-0.39, 0.29) is 19.6 Å². The van der Waals surface area contributed by atoms with Gasteiger partial charge in [0.2, 0.25) is 11.4 Å². The van der Waals surface area contributed by atoms with Crippen molar-refractivity contribution in [2.24, 2.45) is 0 Å². The molecule has 0 saturated heterocycles. The smallest absolute Gasteiger partial charge is 0.344 e. The van der Waals surface area contributed by atoms with Gasteiger partial charge in [-0.15, -0.1) is 0 Å². The maximum atomic E-state index is 12.5. The first-order valence-electron chi connectivity index (χ1n) is 7.34. The number of hydrogen-bond acceptors (Lipinski definition) is 5. The molecule has 1 aromatic rings. The summed E-state index contributed by atoms with van der Waals surface area (Å²) in [6.07, 6.45) is -0.192. The Balaban J connectivity index is 3.41. The molecule has 0 bridgehead atoms. The largest absolute Gasteiger partial charge is 0.464 e. The minimum atomic E-state index is -2.00. The predicted octanol–water partition coefficient (Wildman–Crippen LogP) is 2.65. The van der Waals surface area contributed by atoms with Crippen molar-refractivity contribution in [1.29, 1.82) is 0 Å². The van der Waals surface area contributed by atoms with Gasteiger partial charge in [0.25, 0.3) is 0 Å². The van der Waals surface area contributed by atoms with Crippen LogP contribution in [0, 0.1) is 0 Å². The Hall–Kier alpha value is -1.60. The zero-order chi connectivity index (χ0) is 18.3. The first kappa shape index (κ1) is 20.4. The number of ether oxygens (including phenoxy) is 2. The molecule has 6 nitrogen and oxygen atoms in total. The third-order valence-electron chi connectivity index (χ3n) is 3.10. The van der Waals surface area contributed by atoms with Crippen molar-refractivity contribution in [2.45, 2.75) is 32.7 Å². The second-order valence-corrected chi connectivity index (χ2v) is 6.26. The number of hydrogen-bond donors (Lipinski definition) is 1. The van der Waals surface area contributed by atoms with Crippen LogP contribution in [0.25, 0.3) is 0 Å². The maximum Gasteiger partial charge on any atom is 0.344 e. The summed E-state index contributed by atoms with van der Waals surface area (Å²) in [6.45, 7) is 4.51. The Morgan fingerprint density at radius 1 is 1.17 bits per heavy atom. The van der Waals surface area contributed by atoms with E-state index in [2.05, 4.69) is 21.2 Å². The predicted molar refractivity (Wildman–Crippen MR) is 92.7 cm³/mol. The third kappa shape index (κ3) is 4.95. The van der Waals surface area contributed by atoms with E-state index < -0.39 is 23.4 Å². The molecule has 1 N–H and O–H groups in total. The Kier molecular flexibility index (Phi) is 7.69. The van der Waals surface area contributed by atoms with Crippen LogP contribution in [-0.2, 0) is 30.3 Å². The summed E-state index contributed by atoms with van der Waals surface area (Å²) in [5.41, 5.74) is -1.51. The molecule has 0 saturated carbocycles. The van der Waals surface area contributed by atoms with Gasteiger partial charge in [0, 0.05) is 22.8 Å². The van der Waals surface area contributed by atoms with Gasteiger partial charge in [-0.3, -0.25) is 4.79 Å². The molecule has 0 fully saturated rings. The quantitative estimate of drug-likeness (QED) is 0.542. The molecule has 1 amide bonds. The number of amides is 1. The van der Waals surface area contributed by atoms with Crippen molar-refractivity contribution in [2.75, 3.05) is 13.2 Å². The van der Waals surface area contributed by atoms with E-state index in [1.54, 1.807) is 32.0 Å². The second kappa shape index (κ2) is 9.03. The molecule has 0 aliphatic rings. The molecule has 0 radical (unpaired) electrons. The molecular weight excluding hydrogens is 402 g/mol. The summed E-state index contributed by atoms with van der Waals surface area (Å²) in [4.78, 5) is 36.7. The molecule has 0 unspecified atom stereocenters. The third-order valence-corrected chi connectivity index (χ3v) is 3.96. The molecule has 1 rings (SSSR count). The van der Waals surface area contributed by atoms with E-state index in [1.807, 2.05) is 0 Å². The average molecular weight is 421 g/mol. The van der Waals surface area contributed by atoms with E-state index in [9.17, 15) is 14.4 Å². The Morgan fingerprint density at radius 3 is 2.17 bits per heavy atom. The van der Waals surface area contributed by atoms with Gasteiger partial charge in [-0.1, -0.05) is 27.5 Å². The first-order chi connectivity index (χ1) is 11.3. The van der Waals surface area contributed by atoms with Gasteiger partial charge in [-0.05, 0) is 37.6 Å². The van der Waals surface area contributed by atoms with E-state index in [0.29, 0.717) is 15.1 Å². The lowest BCUT2D eigenvalue weighted by Crippen LogP contribution is -2.62. The highest BCUT2D eigenvalue weighted by atomic mass is 79.9. The molecule has 0 heterocycles. The van der Waals surface area contributed by atoms with Crippen molar-refractivity contribution >= 4 is 45.4 Å². The van der Waals surface area contributed by atoms with Crippen LogP contribution < -0.4 is 5.32 Å². The summed E-state index contributed by atoms with van der Waals surface area (Å²) in [5.74, 6) is -2.35. The summed E-state index contributed by atoms with van der Waals surface area (Å²) in [6, 6.07) is 5.01. The molecule has 1 aromatic carbocycles. The van der Waals surface area contributed by atoms with Crippen LogP contribution in [0.3, 0.4) is 0 Å². The highest BCUT2D eigenvalue weighted by Crippen LogP contribution is 2.27. The lowest BCUT2D eigenvalue weighted by molar-refractivity contribution is -0.168. The summed E-state index contributed by atoms with van der Waals surface area (Å²) in [7, 11) is 0. The van der Waals surface area contributed by atoms with Gasteiger partial charge in [0.1, 0.15) is 0 Å². The Labute approximate surface area is 154 Å². The second-order valence-electron chi connectivity index (χ2n) is 4.94. The molecule has 0 aliphatic heterocycles. The fourth-order valence-corrected chi connectivity index (χ4v) is 2.74. The summed E-state index contributed by atoms with van der Waals surface area (Å²) in [5, 5.41) is 2.74. The van der Waals surface area contributed by atoms with Crippen LogP contribution in [0.5, 0.6) is 0 Å². The highest BCUT2D eigenvalue weighted by molar-refractivity contribution is 9.10. The van der Waals surface area contributed by atoms with Crippen LogP contribution >= 0.6 is 27.5 Å². The number of rotatable bonds is 7. The van der Waals surface area contributed by atoms with E-state index in [1.165, 1.54) is 6.92 Å². The average Bonchev–Trinajstić information content (AvgIpc) is 2.50. The topological polar surface area (TPSA) is 81.7 Å². The van der Waals surface area contributed by atoms with Crippen molar-refractivity contribution in [3.8, 4) is 0 Å². The zero-order valence-corrected chi connectivity index (χ0v) is 16.0. The molecule has 0 aliphatic carbocycles. The van der Waals surface area contributed by atoms with Gasteiger partial charge >= 0.3 is 11.9 Å². The van der Waals surface area contributed by atoms with Crippen molar-refractivity contribution < 1.29 is 23.9 Å². The maximum absolute atomic E-state index is 12.5. The molecule has 0 atom stereocenters. The molecule has 132 valence electrons. The molecule has 24 heavy (non-hydrogen) atoms. The normalized spacial score (nSPS) is 10.9. The minimum Gasteiger partial charge on any atom is -0.464 e. The van der Waals surface area contributed by atoms with E-state index in [4.69, 9.17) is 21.1 Å². The van der Waals surface area contributed by atoms with Crippen LogP contribution in [0.1, 0.15) is 26.3 Å². The first-order valence-corrected chi connectivity index (χ1v) is 8.51. The lowest BCUT2D eigenvalue weighted by atomic mass is 9.90. The molecule has 8 heteroatoms. The fraction of sp³-hybridized carbons (Fsp3) is 0.438. The molecule has 0 spiro atoms. The fourth-order valence-electron chi connectivity index (χ4n) is 2.15. The van der Waals surface area contributed by atoms with Gasteiger partial charge in [0.05, 0.1) is 13.2 Å². The molecule has 0 aromatic heterocycles. The monoisotopic (exact) mass is 419 g/mol. The number of nitrogens with one attached hydrogen (secondary N) is 1. The standard InChI is InChI=1S/C16H19BrClNO5/c1-4-23-14(21)16(19-10(3)20,15(22)24-5-2)9-11-8-12(17)6-7-13(11)18/h6-8H,4-5,9H2,1-3H3,(H,19,20). The van der Waals surface area contributed by atoms with Gasteiger partial charge in [-0.25, -0.2) is 9.59 Å². The van der Waals surface area contributed by atoms with Crippen LogP contribution in [-0.4, -0.2) is 36.6 Å². The number of halogens is 2. The van der Waals surface area contributed by atoms with Crippen LogP contribution in [0.4, 0.5) is 0 Å². The van der Waals surface area contributed by atoms with Crippen LogP contribution in [0.15, 0.2) is 22.7 Å². The van der Waals surface area contributed by atoms with Crippen LogP contribution in [0.2, 0.25) is 5.02 Å². The zero-order valence-electron chi connectivity index (χ0n) is 13.7.